The standard InChI is InChI=1S/C24H19N5O3/c1-14-12-15(2)29-24(26-14)27-22(28-29)23(31)32-21(16-8-4-3-5-9-16)20(30)18-13-25-19-11-7-6-10-17(18)19/h3-13,21,25H,1-2H3/t21-/m1/s1. The first-order valence-corrected chi connectivity index (χ1v) is 10.1. The molecule has 0 radical (unpaired) electrons. The van der Waals surface area contributed by atoms with Crippen LogP contribution in [0, 0.1) is 13.8 Å². The lowest BCUT2D eigenvalue weighted by atomic mass is 9.99. The fourth-order valence-electron chi connectivity index (χ4n) is 3.73. The Morgan fingerprint density at radius 3 is 2.56 bits per heavy atom. The number of hydrogen-bond acceptors (Lipinski definition) is 6. The quantitative estimate of drug-likeness (QED) is 0.337. The SMILES string of the molecule is Cc1cc(C)n2nc(C(=O)O[C@@H](C(=O)c3c[nH]c4ccccc34)c3ccccc3)nc2n1. The number of para-hydroxylation sites is 1. The number of nitrogens with one attached hydrogen (secondary N) is 1. The number of Topliss-reactive ketones (excluding diaryl/α,β-unsaturated/α-hetero) is 1. The average molecular weight is 425 g/mol. The number of nitrogens with zero attached hydrogens (tertiary/aromatic N) is 4. The fourth-order valence-corrected chi connectivity index (χ4v) is 3.73. The second-order valence-corrected chi connectivity index (χ2v) is 7.49. The third-order valence-electron chi connectivity index (χ3n) is 5.22. The Morgan fingerprint density at radius 2 is 1.75 bits per heavy atom. The molecule has 0 saturated heterocycles. The maximum absolute atomic E-state index is 13.5. The van der Waals surface area contributed by atoms with Crippen molar-refractivity contribution in [3.05, 3.63) is 95.2 Å². The normalized spacial score (nSPS) is 12.2. The van der Waals surface area contributed by atoms with Crippen molar-refractivity contribution >= 4 is 28.4 Å². The second kappa shape index (κ2) is 7.73. The van der Waals surface area contributed by atoms with Crippen LogP contribution in [0.2, 0.25) is 0 Å². The minimum absolute atomic E-state index is 0.154. The zero-order chi connectivity index (χ0) is 22.2. The Morgan fingerprint density at radius 1 is 1.00 bits per heavy atom. The zero-order valence-corrected chi connectivity index (χ0v) is 17.4. The lowest BCUT2D eigenvalue weighted by Crippen LogP contribution is -2.21. The van der Waals surface area contributed by atoms with Crippen LogP contribution in [0.4, 0.5) is 0 Å². The van der Waals surface area contributed by atoms with Gasteiger partial charge in [0.25, 0.3) is 11.6 Å². The summed E-state index contributed by atoms with van der Waals surface area (Å²) < 4.78 is 7.16. The molecule has 1 N–H and O–H groups in total. The number of H-pyrrole nitrogens is 1. The molecule has 8 nitrogen and oxygen atoms in total. The minimum atomic E-state index is -1.15. The molecule has 0 aliphatic carbocycles. The molecule has 0 aliphatic rings. The van der Waals surface area contributed by atoms with Gasteiger partial charge >= 0.3 is 5.97 Å². The molecule has 158 valence electrons. The van der Waals surface area contributed by atoms with Gasteiger partial charge in [-0.3, -0.25) is 4.79 Å². The Bertz CT molecular complexity index is 1470. The number of ketones is 1. The van der Waals surface area contributed by atoms with Gasteiger partial charge in [-0.25, -0.2) is 14.3 Å². The molecule has 0 unspecified atom stereocenters. The molecule has 1 atom stereocenters. The number of esters is 1. The number of hydrogen-bond donors (Lipinski definition) is 1. The van der Waals surface area contributed by atoms with Crippen molar-refractivity contribution in [1.82, 2.24) is 24.6 Å². The smallest absolute Gasteiger partial charge is 0.379 e. The van der Waals surface area contributed by atoms with Gasteiger partial charge in [-0.05, 0) is 26.0 Å². The fraction of sp³-hybridized carbons (Fsp3) is 0.125. The molecule has 0 aliphatic heterocycles. The van der Waals surface area contributed by atoms with E-state index in [2.05, 4.69) is 20.1 Å². The van der Waals surface area contributed by atoms with E-state index < -0.39 is 12.1 Å². The number of aromatic nitrogens is 5. The highest BCUT2D eigenvalue weighted by Crippen LogP contribution is 2.27. The summed E-state index contributed by atoms with van der Waals surface area (Å²) in [5, 5.41) is 4.98. The van der Waals surface area contributed by atoms with Crippen LogP contribution in [0.15, 0.2) is 66.9 Å². The zero-order valence-electron chi connectivity index (χ0n) is 17.4. The van der Waals surface area contributed by atoms with Crippen LogP contribution >= 0.6 is 0 Å². The Hall–Kier alpha value is -4.33. The molecule has 3 heterocycles. The van der Waals surface area contributed by atoms with Crippen LogP contribution in [-0.2, 0) is 4.74 Å². The van der Waals surface area contributed by atoms with Gasteiger partial charge in [-0.15, -0.1) is 5.10 Å². The van der Waals surface area contributed by atoms with E-state index in [1.165, 1.54) is 4.52 Å². The molecular formula is C24H19N5O3. The van der Waals surface area contributed by atoms with E-state index in [9.17, 15) is 9.59 Å². The van der Waals surface area contributed by atoms with E-state index in [1.807, 2.05) is 50.2 Å². The summed E-state index contributed by atoms with van der Waals surface area (Å²) in [7, 11) is 0. The third kappa shape index (κ3) is 3.41. The number of rotatable bonds is 5. The molecular weight excluding hydrogens is 406 g/mol. The van der Waals surface area contributed by atoms with Crippen molar-refractivity contribution in [2.24, 2.45) is 0 Å². The topological polar surface area (TPSA) is 102 Å². The summed E-state index contributed by atoms with van der Waals surface area (Å²) in [6, 6.07) is 18.2. The summed E-state index contributed by atoms with van der Waals surface area (Å²) in [5.74, 6) is -0.988. The Labute approximate surface area is 182 Å². The number of aryl methyl sites for hydroxylation is 2. The van der Waals surface area contributed by atoms with E-state index in [0.717, 1.165) is 22.3 Å². The van der Waals surface area contributed by atoms with Gasteiger partial charge in [0, 0.05) is 39.6 Å². The van der Waals surface area contributed by atoms with Crippen LogP contribution in [-0.4, -0.2) is 36.3 Å². The summed E-state index contributed by atoms with van der Waals surface area (Å²) >= 11 is 0. The van der Waals surface area contributed by atoms with Crippen LogP contribution in [0.25, 0.3) is 16.7 Å². The molecule has 3 aromatic heterocycles. The van der Waals surface area contributed by atoms with E-state index >= 15 is 0 Å². The summed E-state index contributed by atoms with van der Waals surface area (Å²) in [5.41, 5.74) is 3.38. The molecule has 5 rings (SSSR count). The molecule has 5 aromatic rings. The Balaban J connectivity index is 1.52. The first kappa shape index (κ1) is 19.6. The highest BCUT2D eigenvalue weighted by Gasteiger charge is 2.30. The number of aromatic amines is 1. The van der Waals surface area contributed by atoms with Gasteiger partial charge in [0.2, 0.25) is 5.78 Å². The van der Waals surface area contributed by atoms with Crippen molar-refractivity contribution in [2.75, 3.05) is 0 Å². The largest absolute Gasteiger partial charge is 0.443 e. The van der Waals surface area contributed by atoms with E-state index in [4.69, 9.17) is 4.74 Å². The van der Waals surface area contributed by atoms with Crippen molar-refractivity contribution in [1.29, 1.82) is 0 Å². The number of carbonyl (C=O) groups is 2. The third-order valence-corrected chi connectivity index (χ3v) is 5.22. The molecule has 32 heavy (non-hydrogen) atoms. The summed E-state index contributed by atoms with van der Waals surface area (Å²) in [6.45, 7) is 3.68. The van der Waals surface area contributed by atoms with E-state index in [1.54, 1.807) is 30.5 Å². The highest BCUT2D eigenvalue weighted by molar-refractivity contribution is 6.10. The maximum Gasteiger partial charge on any atom is 0.379 e. The van der Waals surface area contributed by atoms with Gasteiger partial charge in [0.1, 0.15) is 0 Å². The average Bonchev–Trinajstić information content (AvgIpc) is 3.42. The molecule has 0 saturated carbocycles. The van der Waals surface area contributed by atoms with Gasteiger partial charge in [0.15, 0.2) is 6.10 Å². The van der Waals surface area contributed by atoms with Crippen LogP contribution in [0.3, 0.4) is 0 Å². The van der Waals surface area contributed by atoms with Crippen LogP contribution in [0.5, 0.6) is 0 Å². The maximum atomic E-state index is 13.5. The van der Waals surface area contributed by atoms with Gasteiger partial charge in [-0.1, -0.05) is 48.5 Å². The Kier molecular flexibility index (Phi) is 4.74. The van der Waals surface area contributed by atoms with E-state index in [0.29, 0.717) is 16.9 Å². The highest BCUT2D eigenvalue weighted by atomic mass is 16.5. The van der Waals surface area contributed by atoms with E-state index in [-0.39, 0.29) is 11.6 Å². The minimum Gasteiger partial charge on any atom is -0.443 e. The number of carbonyl (C=O) groups excluding carboxylic acids is 2. The summed E-state index contributed by atoms with van der Waals surface area (Å²) in [4.78, 5) is 38.1. The molecule has 8 heteroatoms. The number of fused-ring (bicyclic) bond motifs is 2. The van der Waals surface area contributed by atoms with Gasteiger partial charge in [-0.2, -0.15) is 4.98 Å². The first-order valence-electron chi connectivity index (χ1n) is 10.1. The van der Waals surface area contributed by atoms with Crippen LogP contribution < -0.4 is 0 Å². The number of benzene rings is 2. The summed E-state index contributed by atoms with van der Waals surface area (Å²) in [6.07, 6.45) is 0.487. The molecule has 0 amide bonds. The van der Waals surface area contributed by atoms with Crippen LogP contribution in [0.1, 0.15) is 44.0 Å². The lowest BCUT2D eigenvalue weighted by molar-refractivity contribution is 0.0269. The molecule has 2 aromatic carbocycles. The predicted octanol–water partition coefficient (Wildman–Crippen LogP) is 4.00. The van der Waals surface area contributed by atoms with Crippen molar-refractivity contribution in [3.63, 3.8) is 0 Å². The number of ether oxygens (including phenoxy) is 1. The predicted molar refractivity (Wildman–Crippen MR) is 117 cm³/mol. The molecule has 0 fully saturated rings. The monoisotopic (exact) mass is 425 g/mol. The second-order valence-electron chi connectivity index (χ2n) is 7.49. The lowest BCUT2D eigenvalue weighted by Gasteiger charge is -2.16. The van der Waals surface area contributed by atoms with Crippen molar-refractivity contribution in [2.45, 2.75) is 20.0 Å². The van der Waals surface area contributed by atoms with Gasteiger partial charge in [0.05, 0.1) is 0 Å². The molecule has 0 spiro atoms. The molecule has 0 bridgehead atoms. The van der Waals surface area contributed by atoms with Crippen molar-refractivity contribution < 1.29 is 14.3 Å². The van der Waals surface area contributed by atoms with Gasteiger partial charge < -0.3 is 9.72 Å². The first-order chi connectivity index (χ1) is 15.5. The van der Waals surface area contributed by atoms with Crippen molar-refractivity contribution in [3.8, 4) is 0 Å².